The summed E-state index contributed by atoms with van der Waals surface area (Å²) in [5.41, 5.74) is 4.58. The van der Waals surface area contributed by atoms with Crippen molar-refractivity contribution >= 4 is 38.3 Å². The summed E-state index contributed by atoms with van der Waals surface area (Å²) in [6, 6.07) is 23.7. The third-order valence-corrected chi connectivity index (χ3v) is 7.15. The molecule has 5 heteroatoms. The zero-order valence-corrected chi connectivity index (χ0v) is 19.9. The van der Waals surface area contributed by atoms with E-state index in [2.05, 4.69) is 31.4 Å². The third-order valence-electron chi connectivity index (χ3n) is 6.19. The topological polar surface area (TPSA) is 59.4 Å². The SMILES string of the molecule is CCc1ccc(OC(CC)c2ccccc2)c2c(C(=O)O)cc(-c3csc4ccccc34)nc12. The number of aromatic nitrogens is 1. The Hall–Kier alpha value is -3.70. The van der Waals surface area contributed by atoms with E-state index in [-0.39, 0.29) is 11.7 Å². The van der Waals surface area contributed by atoms with Crippen LogP contribution >= 0.6 is 11.3 Å². The van der Waals surface area contributed by atoms with E-state index in [9.17, 15) is 9.90 Å². The van der Waals surface area contributed by atoms with Crippen molar-refractivity contribution in [1.82, 2.24) is 4.98 Å². The number of rotatable bonds is 7. The molecule has 0 aliphatic rings. The molecule has 170 valence electrons. The first kappa shape index (κ1) is 22.1. The van der Waals surface area contributed by atoms with Crippen LogP contribution in [0.4, 0.5) is 0 Å². The summed E-state index contributed by atoms with van der Waals surface area (Å²) in [6.07, 6.45) is 1.32. The van der Waals surface area contributed by atoms with Gasteiger partial charge in [-0.25, -0.2) is 9.78 Å². The Balaban J connectivity index is 1.72. The Bertz CT molecular complexity index is 1490. The van der Waals surface area contributed by atoms with Crippen LogP contribution in [-0.4, -0.2) is 16.1 Å². The largest absolute Gasteiger partial charge is 0.485 e. The predicted octanol–water partition coefficient (Wildman–Crippen LogP) is 7.91. The van der Waals surface area contributed by atoms with Crippen LogP contribution in [0.15, 0.2) is 78.2 Å². The molecule has 1 atom stereocenters. The van der Waals surface area contributed by atoms with Crippen LogP contribution < -0.4 is 4.74 Å². The fourth-order valence-corrected chi connectivity index (χ4v) is 5.39. The van der Waals surface area contributed by atoms with Crippen molar-refractivity contribution in [3.8, 4) is 17.0 Å². The summed E-state index contributed by atoms with van der Waals surface area (Å²) in [5, 5.41) is 13.9. The molecule has 0 aliphatic heterocycles. The second-order valence-corrected chi connectivity index (χ2v) is 9.14. The number of ether oxygens (including phenoxy) is 1. The molecule has 0 radical (unpaired) electrons. The monoisotopic (exact) mass is 467 g/mol. The van der Waals surface area contributed by atoms with Gasteiger partial charge in [0.1, 0.15) is 11.9 Å². The first-order chi connectivity index (χ1) is 16.6. The van der Waals surface area contributed by atoms with Gasteiger partial charge in [-0.2, -0.15) is 0 Å². The molecule has 5 rings (SSSR count). The third kappa shape index (κ3) is 3.93. The van der Waals surface area contributed by atoms with Crippen molar-refractivity contribution in [2.24, 2.45) is 0 Å². The van der Waals surface area contributed by atoms with Gasteiger partial charge in [0.05, 0.1) is 22.2 Å². The average Bonchev–Trinajstić information content (AvgIpc) is 3.31. The van der Waals surface area contributed by atoms with Crippen molar-refractivity contribution in [2.75, 3.05) is 0 Å². The molecule has 0 spiro atoms. The molecular formula is C29H25NO3S. The normalized spacial score (nSPS) is 12.2. The quantitative estimate of drug-likeness (QED) is 0.264. The number of fused-ring (bicyclic) bond motifs is 2. The Labute approximate surface area is 202 Å². The smallest absolute Gasteiger partial charge is 0.336 e. The van der Waals surface area contributed by atoms with Gasteiger partial charge in [-0.05, 0) is 42.2 Å². The van der Waals surface area contributed by atoms with Gasteiger partial charge in [0, 0.05) is 21.0 Å². The maximum atomic E-state index is 12.5. The van der Waals surface area contributed by atoms with Gasteiger partial charge < -0.3 is 9.84 Å². The Morgan fingerprint density at radius 3 is 2.53 bits per heavy atom. The first-order valence-electron chi connectivity index (χ1n) is 11.5. The molecule has 5 aromatic rings. The van der Waals surface area contributed by atoms with Crippen molar-refractivity contribution in [3.05, 3.63) is 94.9 Å². The minimum Gasteiger partial charge on any atom is -0.485 e. The Morgan fingerprint density at radius 2 is 1.79 bits per heavy atom. The van der Waals surface area contributed by atoms with E-state index in [1.165, 1.54) is 0 Å². The summed E-state index contributed by atoms with van der Waals surface area (Å²) in [7, 11) is 0. The van der Waals surface area contributed by atoms with Gasteiger partial charge in [-0.3, -0.25) is 0 Å². The van der Waals surface area contributed by atoms with Gasteiger partial charge >= 0.3 is 5.97 Å². The summed E-state index contributed by atoms with van der Waals surface area (Å²) < 4.78 is 7.60. The molecular weight excluding hydrogens is 442 g/mol. The average molecular weight is 468 g/mol. The van der Waals surface area contributed by atoms with Crippen LogP contribution in [0, 0.1) is 0 Å². The predicted molar refractivity (Wildman–Crippen MR) is 139 cm³/mol. The van der Waals surface area contributed by atoms with Crippen LogP contribution in [0.1, 0.15) is 47.9 Å². The molecule has 0 saturated heterocycles. The van der Waals surface area contributed by atoms with Gasteiger partial charge in [-0.1, -0.05) is 68.4 Å². The number of nitrogens with zero attached hydrogens (tertiary/aromatic N) is 1. The van der Waals surface area contributed by atoms with Gasteiger partial charge in [0.2, 0.25) is 0 Å². The maximum Gasteiger partial charge on any atom is 0.336 e. The molecule has 0 amide bonds. The molecule has 1 N–H and O–H groups in total. The van der Waals surface area contributed by atoms with Crippen LogP contribution in [-0.2, 0) is 6.42 Å². The lowest BCUT2D eigenvalue weighted by atomic mass is 9.99. The van der Waals surface area contributed by atoms with E-state index < -0.39 is 5.97 Å². The Morgan fingerprint density at radius 1 is 1.03 bits per heavy atom. The zero-order valence-electron chi connectivity index (χ0n) is 19.1. The number of carboxylic acids is 1. The van der Waals surface area contributed by atoms with Crippen LogP contribution in [0.3, 0.4) is 0 Å². The summed E-state index contributed by atoms with van der Waals surface area (Å²) in [5.74, 6) is -0.437. The minimum absolute atomic E-state index is 0.181. The molecule has 4 nitrogen and oxygen atoms in total. The van der Waals surface area contributed by atoms with Gasteiger partial charge in [0.25, 0.3) is 0 Å². The molecule has 2 heterocycles. The van der Waals surface area contributed by atoms with E-state index in [4.69, 9.17) is 9.72 Å². The number of aromatic carboxylic acids is 1. The fraction of sp³-hybridized carbons (Fsp3) is 0.172. The molecule has 1 unspecified atom stereocenters. The second kappa shape index (κ2) is 9.27. The van der Waals surface area contributed by atoms with Crippen LogP contribution in [0.25, 0.3) is 32.2 Å². The molecule has 2 aromatic heterocycles. The van der Waals surface area contributed by atoms with E-state index in [1.54, 1.807) is 17.4 Å². The Kier molecular flexibility index (Phi) is 6.03. The fourth-order valence-electron chi connectivity index (χ4n) is 4.44. The summed E-state index contributed by atoms with van der Waals surface area (Å²) in [6.45, 7) is 4.12. The van der Waals surface area contributed by atoms with Crippen molar-refractivity contribution in [2.45, 2.75) is 32.8 Å². The van der Waals surface area contributed by atoms with E-state index in [0.717, 1.165) is 39.6 Å². The molecule has 3 aromatic carbocycles. The first-order valence-corrected chi connectivity index (χ1v) is 12.4. The second-order valence-electron chi connectivity index (χ2n) is 8.23. The van der Waals surface area contributed by atoms with E-state index in [0.29, 0.717) is 22.3 Å². The highest BCUT2D eigenvalue weighted by molar-refractivity contribution is 7.17. The number of pyridine rings is 1. The highest BCUT2D eigenvalue weighted by atomic mass is 32.1. The van der Waals surface area contributed by atoms with E-state index in [1.807, 2.05) is 54.6 Å². The number of aryl methyl sites for hydroxylation is 1. The highest BCUT2D eigenvalue weighted by Crippen LogP contribution is 2.39. The number of thiophene rings is 1. The minimum atomic E-state index is -0.987. The number of carboxylic acid groups (broad SMARTS) is 1. The van der Waals surface area contributed by atoms with Crippen molar-refractivity contribution < 1.29 is 14.6 Å². The lowest BCUT2D eigenvalue weighted by molar-refractivity contribution is 0.0698. The molecule has 0 aliphatic carbocycles. The molecule has 0 bridgehead atoms. The number of carbonyl (C=O) groups is 1. The molecule has 0 fully saturated rings. The van der Waals surface area contributed by atoms with Gasteiger partial charge in [0.15, 0.2) is 0 Å². The van der Waals surface area contributed by atoms with Gasteiger partial charge in [-0.15, -0.1) is 11.3 Å². The van der Waals surface area contributed by atoms with Crippen LogP contribution in [0.2, 0.25) is 0 Å². The van der Waals surface area contributed by atoms with Crippen molar-refractivity contribution in [3.63, 3.8) is 0 Å². The van der Waals surface area contributed by atoms with E-state index >= 15 is 0 Å². The zero-order chi connectivity index (χ0) is 23.7. The molecule has 0 saturated carbocycles. The van der Waals surface area contributed by atoms with Crippen molar-refractivity contribution in [1.29, 1.82) is 0 Å². The standard InChI is InChI=1S/C29H25NO3S/c1-3-18-14-15-25(33-24(4-2)19-10-6-5-7-11-19)27-21(29(31)32)16-23(30-28(18)27)22-17-34-26-13-9-8-12-20(22)26/h5-17,24H,3-4H2,1-2H3,(H,31,32). The highest BCUT2D eigenvalue weighted by Gasteiger charge is 2.22. The summed E-state index contributed by atoms with van der Waals surface area (Å²) >= 11 is 1.64. The lowest BCUT2D eigenvalue weighted by Gasteiger charge is -2.21. The number of benzene rings is 3. The molecule has 34 heavy (non-hydrogen) atoms. The summed E-state index contributed by atoms with van der Waals surface area (Å²) in [4.78, 5) is 17.5. The number of hydrogen-bond donors (Lipinski definition) is 1. The van der Waals surface area contributed by atoms with Crippen LogP contribution in [0.5, 0.6) is 5.75 Å². The number of hydrogen-bond acceptors (Lipinski definition) is 4. The lowest BCUT2D eigenvalue weighted by Crippen LogP contribution is -2.09. The maximum absolute atomic E-state index is 12.5.